The van der Waals surface area contributed by atoms with Crippen molar-refractivity contribution in [2.45, 2.75) is 13.3 Å². The van der Waals surface area contributed by atoms with E-state index >= 15 is 0 Å². The van der Waals surface area contributed by atoms with Crippen LogP contribution < -0.4 is 10.6 Å². The van der Waals surface area contributed by atoms with Gasteiger partial charge in [0.15, 0.2) is 0 Å². The Labute approximate surface area is 161 Å². The number of aromatic nitrogens is 1. The van der Waals surface area contributed by atoms with E-state index in [-0.39, 0.29) is 30.7 Å². The Morgan fingerprint density at radius 2 is 1.84 bits per heavy atom. The summed E-state index contributed by atoms with van der Waals surface area (Å²) in [6.07, 6.45) is 1.93. The zero-order valence-electron chi connectivity index (χ0n) is 14.2. The zero-order valence-corrected chi connectivity index (χ0v) is 15.9. The van der Waals surface area contributed by atoms with E-state index in [0.29, 0.717) is 12.1 Å². The summed E-state index contributed by atoms with van der Waals surface area (Å²) in [6.45, 7) is 5.33. The fraction of sp³-hybridized carbons (Fsp3) is 0.333. The smallest absolute Gasteiger partial charge is 0.228 e. The molecular formula is C18H24Cl2N4O. The highest BCUT2D eigenvalue weighted by atomic mass is 35.5. The number of carbonyl (C=O) groups is 1. The molecule has 0 spiro atoms. The Hall–Kier alpha value is -1.98. The van der Waals surface area contributed by atoms with E-state index in [4.69, 9.17) is 5.73 Å². The van der Waals surface area contributed by atoms with Crippen molar-refractivity contribution < 1.29 is 4.79 Å². The summed E-state index contributed by atoms with van der Waals surface area (Å²) in [5.41, 5.74) is 9.50. The third kappa shape index (κ3) is 5.51. The van der Waals surface area contributed by atoms with Crippen LogP contribution in [0.5, 0.6) is 0 Å². The fourth-order valence-electron chi connectivity index (χ4n) is 2.85. The molecule has 1 saturated heterocycles. The predicted molar refractivity (Wildman–Crippen MR) is 107 cm³/mol. The molecule has 0 aliphatic carbocycles. The van der Waals surface area contributed by atoms with Crippen LogP contribution in [0.1, 0.15) is 11.3 Å². The number of hydrogen-bond acceptors (Lipinski definition) is 4. The monoisotopic (exact) mass is 382 g/mol. The minimum absolute atomic E-state index is 0. The van der Waals surface area contributed by atoms with E-state index in [2.05, 4.69) is 41.1 Å². The number of anilines is 2. The molecule has 1 aliphatic rings. The van der Waals surface area contributed by atoms with Crippen molar-refractivity contribution in [3.8, 4) is 0 Å². The number of aryl methyl sites for hydroxylation is 1. The largest absolute Gasteiger partial charge is 0.397 e. The number of halogens is 2. The third-order valence-electron chi connectivity index (χ3n) is 4.18. The minimum atomic E-state index is 0. The van der Waals surface area contributed by atoms with Gasteiger partial charge in [-0.25, -0.2) is 0 Å². The number of benzene rings is 1. The van der Waals surface area contributed by atoms with Crippen molar-refractivity contribution in [3.05, 3.63) is 53.9 Å². The Morgan fingerprint density at radius 1 is 1.12 bits per heavy atom. The van der Waals surface area contributed by atoms with Crippen molar-refractivity contribution in [1.82, 2.24) is 9.88 Å². The van der Waals surface area contributed by atoms with Gasteiger partial charge in [0, 0.05) is 37.6 Å². The van der Waals surface area contributed by atoms with Gasteiger partial charge in [-0.1, -0.05) is 12.1 Å². The summed E-state index contributed by atoms with van der Waals surface area (Å²) < 4.78 is 0. The van der Waals surface area contributed by atoms with Gasteiger partial charge in [-0.3, -0.25) is 9.78 Å². The van der Waals surface area contributed by atoms with Gasteiger partial charge in [-0.15, -0.1) is 24.8 Å². The summed E-state index contributed by atoms with van der Waals surface area (Å²) in [6, 6.07) is 12.1. The summed E-state index contributed by atoms with van der Waals surface area (Å²) in [7, 11) is 0. The van der Waals surface area contributed by atoms with Crippen LogP contribution in [0.25, 0.3) is 0 Å². The lowest BCUT2D eigenvalue weighted by atomic mass is 10.2. The maximum absolute atomic E-state index is 12.4. The van der Waals surface area contributed by atoms with Crippen LogP contribution in [-0.2, 0) is 11.2 Å². The first-order valence-corrected chi connectivity index (χ1v) is 7.91. The molecule has 1 fully saturated rings. The van der Waals surface area contributed by atoms with Gasteiger partial charge in [0.05, 0.1) is 18.3 Å². The number of nitrogen functional groups attached to an aromatic ring is 1. The number of amides is 1. The quantitative estimate of drug-likeness (QED) is 0.886. The Bertz CT molecular complexity index is 686. The van der Waals surface area contributed by atoms with Crippen molar-refractivity contribution in [1.29, 1.82) is 0 Å². The molecule has 2 heterocycles. The predicted octanol–water partition coefficient (Wildman–Crippen LogP) is 2.71. The van der Waals surface area contributed by atoms with Crippen molar-refractivity contribution in [3.63, 3.8) is 0 Å². The average Bonchev–Trinajstić information content (AvgIpc) is 2.57. The van der Waals surface area contributed by atoms with Gasteiger partial charge in [0.25, 0.3) is 0 Å². The van der Waals surface area contributed by atoms with Crippen LogP contribution in [0.15, 0.2) is 42.6 Å². The minimum Gasteiger partial charge on any atom is -0.397 e. The molecule has 1 amide bonds. The highest BCUT2D eigenvalue weighted by Gasteiger charge is 2.21. The number of carbonyl (C=O) groups excluding carboxylic acids is 1. The topological polar surface area (TPSA) is 62.5 Å². The first-order valence-electron chi connectivity index (χ1n) is 7.91. The first kappa shape index (κ1) is 21.1. The second-order valence-corrected chi connectivity index (χ2v) is 5.97. The normalized spacial score (nSPS) is 13.6. The number of hydrogen-bond donors (Lipinski definition) is 1. The van der Waals surface area contributed by atoms with Crippen LogP contribution in [-0.4, -0.2) is 42.0 Å². The molecule has 2 N–H and O–H groups in total. The number of rotatable bonds is 3. The summed E-state index contributed by atoms with van der Waals surface area (Å²) in [5.74, 6) is 0.131. The second kappa shape index (κ2) is 9.49. The highest BCUT2D eigenvalue weighted by molar-refractivity contribution is 5.85. The maximum Gasteiger partial charge on any atom is 0.228 e. The van der Waals surface area contributed by atoms with Gasteiger partial charge >= 0.3 is 0 Å². The van der Waals surface area contributed by atoms with Gasteiger partial charge < -0.3 is 15.5 Å². The van der Waals surface area contributed by atoms with Crippen LogP contribution in [0, 0.1) is 6.92 Å². The maximum atomic E-state index is 12.4. The zero-order chi connectivity index (χ0) is 16.2. The van der Waals surface area contributed by atoms with E-state index in [1.165, 1.54) is 11.3 Å². The molecular weight excluding hydrogens is 359 g/mol. The summed E-state index contributed by atoms with van der Waals surface area (Å²) in [4.78, 5) is 20.8. The van der Waals surface area contributed by atoms with E-state index in [1.54, 1.807) is 12.3 Å². The number of nitrogens with two attached hydrogens (primary N) is 1. The molecule has 0 atom stereocenters. The lowest BCUT2D eigenvalue weighted by Gasteiger charge is -2.36. The van der Waals surface area contributed by atoms with E-state index in [9.17, 15) is 4.79 Å². The Morgan fingerprint density at radius 3 is 2.44 bits per heavy atom. The molecule has 1 aromatic heterocycles. The molecule has 2 aromatic rings. The lowest BCUT2D eigenvalue weighted by Crippen LogP contribution is -2.49. The summed E-state index contributed by atoms with van der Waals surface area (Å²) >= 11 is 0. The fourth-order valence-corrected chi connectivity index (χ4v) is 2.85. The van der Waals surface area contributed by atoms with Gasteiger partial charge in [-0.05, 0) is 36.8 Å². The van der Waals surface area contributed by atoms with Crippen molar-refractivity contribution >= 4 is 42.1 Å². The molecule has 136 valence electrons. The van der Waals surface area contributed by atoms with Gasteiger partial charge in [0.2, 0.25) is 5.91 Å². The first-order chi connectivity index (χ1) is 11.1. The van der Waals surface area contributed by atoms with Gasteiger partial charge in [0.1, 0.15) is 0 Å². The van der Waals surface area contributed by atoms with Crippen LogP contribution in [0.3, 0.4) is 0 Å². The molecule has 3 rings (SSSR count). The van der Waals surface area contributed by atoms with E-state index < -0.39 is 0 Å². The van der Waals surface area contributed by atoms with E-state index in [1.807, 2.05) is 11.0 Å². The van der Waals surface area contributed by atoms with Crippen LogP contribution in [0.2, 0.25) is 0 Å². The summed E-state index contributed by atoms with van der Waals surface area (Å²) in [5, 5.41) is 0. The molecule has 0 radical (unpaired) electrons. The SMILES string of the molecule is Cc1cccc(N2CCN(C(=O)Cc3ccc(N)cn3)CC2)c1.Cl.Cl. The molecule has 0 unspecified atom stereocenters. The van der Waals surface area contributed by atoms with E-state index in [0.717, 1.165) is 31.9 Å². The molecule has 5 nitrogen and oxygen atoms in total. The molecule has 0 bridgehead atoms. The number of piperazine rings is 1. The molecule has 7 heteroatoms. The number of pyridine rings is 1. The lowest BCUT2D eigenvalue weighted by molar-refractivity contribution is -0.130. The second-order valence-electron chi connectivity index (χ2n) is 5.97. The Kier molecular flexibility index (Phi) is 8.00. The van der Waals surface area contributed by atoms with Crippen molar-refractivity contribution in [2.75, 3.05) is 36.8 Å². The molecule has 1 aromatic carbocycles. The Balaban J connectivity index is 0.00000156. The standard InChI is InChI=1S/C18H22N4O.2ClH/c1-14-3-2-4-17(11-14)21-7-9-22(10-8-21)18(23)12-16-6-5-15(19)13-20-16;;/h2-6,11,13H,7-10,12,19H2,1H3;2*1H. The highest BCUT2D eigenvalue weighted by Crippen LogP contribution is 2.18. The van der Waals surface area contributed by atoms with Gasteiger partial charge in [-0.2, -0.15) is 0 Å². The molecule has 0 saturated carbocycles. The molecule has 25 heavy (non-hydrogen) atoms. The van der Waals surface area contributed by atoms with Crippen LogP contribution >= 0.6 is 24.8 Å². The van der Waals surface area contributed by atoms with Crippen molar-refractivity contribution in [2.24, 2.45) is 0 Å². The number of nitrogens with zero attached hydrogens (tertiary/aromatic N) is 3. The average molecular weight is 383 g/mol. The molecule has 1 aliphatic heterocycles. The van der Waals surface area contributed by atoms with Crippen LogP contribution in [0.4, 0.5) is 11.4 Å². The third-order valence-corrected chi connectivity index (χ3v) is 4.18.